The Balaban J connectivity index is 1.32. The second-order valence-electron chi connectivity index (χ2n) is 7.95. The zero-order valence-corrected chi connectivity index (χ0v) is 17.0. The van der Waals surface area contributed by atoms with Gasteiger partial charge in [-0.2, -0.15) is 0 Å². The molecule has 0 bridgehead atoms. The molecule has 1 saturated carbocycles. The smallest absolute Gasteiger partial charge is 0.276 e. The van der Waals surface area contributed by atoms with Gasteiger partial charge < -0.3 is 14.9 Å². The van der Waals surface area contributed by atoms with Gasteiger partial charge in [0.25, 0.3) is 11.8 Å². The molecule has 5 rings (SSSR count). The fourth-order valence-corrected chi connectivity index (χ4v) is 4.01. The summed E-state index contributed by atoms with van der Waals surface area (Å²) >= 11 is 0. The van der Waals surface area contributed by atoms with E-state index in [1.54, 1.807) is 32.7 Å². The number of benzene rings is 2. The predicted octanol–water partition coefficient (Wildman–Crippen LogP) is 2.45. The molecule has 0 unspecified atom stereocenters. The Morgan fingerprint density at radius 1 is 0.839 bits per heavy atom. The van der Waals surface area contributed by atoms with Gasteiger partial charge in [0.1, 0.15) is 5.75 Å². The van der Waals surface area contributed by atoms with Crippen molar-refractivity contribution >= 4 is 11.8 Å². The lowest BCUT2D eigenvalue weighted by Gasteiger charge is -2.34. The third-order valence-corrected chi connectivity index (χ3v) is 5.86. The Kier molecular flexibility index (Phi) is 4.89. The lowest BCUT2D eigenvalue weighted by Crippen LogP contribution is -2.50. The first kappa shape index (κ1) is 19.3. The number of phenols is 1. The van der Waals surface area contributed by atoms with E-state index < -0.39 is 0 Å². The molecule has 8 heteroatoms. The maximum Gasteiger partial charge on any atom is 0.276 e. The third-order valence-electron chi connectivity index (χ3n) is 5.86. The summed E-state index contributed by atoms with van der Waals surface area (Å²) in [6.07, 6.45) is 2.06. The molecule has 1 aliphatic carbocycles. The minimum atomic E-state index is -0.223. The van der Waals surface area contributed by atoms with Crippen LogP contribution in [-0.4, -0.2) is 67.9 Å². The number of nitrogens with zero attached hydrogens (tertiary/aromatic N) is 5. The van der Waals surface area contributed by atoms with Crippen molar-refractivity contribution in [2.75, 3.05) is 26.2 Å². The Hall–Kier alpha value is -3.68. The summed E-state index contributed by atoms with van der Waals surface area (Å²) in [5, 5.41) is 18.5. The van der Waals surface area contributed by atoms with E-state index in [4.69, 9.17) is 0 Å². The van der Waals surface area contributed by atoms with Crippen LogP contribution in [-0.2, 0) is 0 Å². The zero-order valence-electron chi connectivity index (χ0n) is 17.0. The first-order valence-electron chi connectivity index (χ1n) is 10.5. The molecule has 2 amide bonds. The lowest BCUT2D eigenvalue weighted by molar-refractivity contribution is 0.0529. The second kappa shape index (κ2) is 7.86. The van der Waals surface area contributed by atoms with Crippen molar-refractivity contribution in [3.05, 3.63) is 71.5 Å². The van der Waals surface area contributed by atoms with Crippen LogP contribution < -0.4 is 0 Å². The van der Waals surface area contributed by atoms with Crippen LogP contribution in [0, 0.1) is 0 Å². The van der Waals surface area contributed by atoms with Crippen LogP contribution in [0.15, 0.2) is 54.6 Å². The van der Waals surface area contributed by atoms with Crippen LogP contribution in [0.4, 0.5) is 0 Å². The van der Waals surface area contributed by atoms with Crippen molar-refractivity contribution < 1.29 is 14.7 Å². The summed E-state index contributed by atoms with van der Waals surface area (Å²) in [5.74, 6) is -0.0895. The van der Waals surface area contributed by atoms with E-state index in [0.29, 0.717) is 37.8 Å². The van der Waals surface area contributed by atoms with E-state index in [2.05, 4.69) is 10.3 Å². The largest absolute Gasteiger partial charge is 0.507 e. The fraction of sp³-hybridized carbons (Fsp3) is 0.304. The van der Waals surface area contributed by atoms with Crippen LogP contribution >= 0.6 is 0 Å². The van der Waals surface area contributed by atoms with Gasteiger partial charge in [-0.15, -0.1) is 5.10 Å². The molecular formula is C23H23N5O3. The molecule has 8 nitrogen and oxygen atoms in total. The quantitative estimate of drug-likeness (QED) is 0.704. The molecule has 2 fully saturated rings. The summed E-state index contributed by atoms with van der Waals surface area (Å²) in [4.78, 5) is 29.4. The molecule has 2 aromatic carbocycles. The monoisotopic (exact) mass is 417 g/mol. The topological polar surface area (TPSA) is 91.6 Å². The Morgan fingerprint density at radius 2 is 1.45 bits per heavy atom. The summed E-state index contributed by atoms with van der Waals surface area (Å²) in [6.45, 7) is 1.65. The maximum absolute atomic E-state index is 13.3. The van der Waals surface area contributed by atoms with Crippen molar-refractivity contribution in [1.82, 2.24) is 24.8 Å². The number of para-hydroxylation sites is 2. The van der Waals surface area contributed by atoms with E-state index in [-0.39, 0.29) is 23.1 Å². The van der Waals surface area contributed by atoms with Crippen LogP contribution in [0.2, 0.25) is 0 Å². The Labute approximate surface area is 179 Å². The van der Waals surface area contributed by atoms with Gasteiger partial charge >= 0.3 is 0 Å². The summed E-state index contributed by atoms with van der Waals surface area (Å²) in [6, 6.07) is 16.3. The van der Waals surface area contributed by atoms with E-state index in [0.717, 1.165) is 24.2 Å². The number of carbonyl (C=O) groups is 2. The normalized spacial score (nSPS) is 16.4. The third kappa shape index (κ3) is 3.65. The number of hydrogen-bond acceptors (Lipinski definition) is 5. The van der Waals surface area contributed by atoms with Gasteiger partial charge in [0.2, 0.25) is 0 Å². The van der Waals surface area contributed by atoms with E-state index in [9.17, 15) is 14.7 Å². The Morgan fingerprint density at radius 3 is 2.10 bits per heavy atom. The Bertz CT molecular complexity index is 1120. The maximum atomic E-state index is 13.3. The molecule has 2 aliphatic rings. The van der Waals surface area contributed by atoms with E-state index in [1.807, 2.05) is 30.3 Å². The lowest BCUT2D eigenvalue weighted by atomic mass is 10.1. The molecule has 158 valence electrons. The highest BCUT2D eigenvalue weighted by Gasteiger charge is 2.36. The molecule has 1 aromatic heterocycles. The number of piperazine rings is 1. The van der Waals surface area contributed by atoms with Gasteiger partial charge in [-0.25, -0.2) is 4.68 Å². The first-order chi connectivity index (χ1) is 15.1. The van der Waals surface area contributed by atoms with Gasteiger partial charge in [-0.05, 0) is 37.1 Å². The number of aromatic nitrogens is 3. The van der Waals surface area contributed by atoms with Crippen molar-refractivity contribution in [1.29, 1.82) is 0 Å². The number of hydrogen-bond donors (Lipinski definition) is 1. The first-order valence-corrected chi connectivity index (χ1v) is 10.5. The van der Waals surface area contributed by atoms with Gasteiger partial charge in [0.05, 0.1) is 16.9 Å². The molecule has 1 aliphatic heterocycles. The predicted molar refractivity (Wildman–Crippen MR) is 113 cm³/mol. The molecule has 2 heterocycles. The standard InChI is InChI=1S/C23H23N5O3/c29-19-9-5-4-8-18(19)22(30)26-12-14-27(15-13-26)23(31)20-21(16-10-11-16)28(25-24-20)17-6-2-1-3-7-17/h1-9,16,29H,10-15H2. The fourth-order valence-electron chi connectivity index (χ4n) is 4.01. The van der Waals surface area contributed by atoms with Crippen molar-refractivity contribution in [2.24, 2.45) is 0 Å². The average molecular weight is 417 g/mol. The minimum absolute atomic E-state index is 0.0300. The molecule has 1 N–H and O–H groups in total. The van der Waals surface area contributed by atoms with Crippen LogP contribution in [0.3, 0.4) is 0 Å². The van der Waals surface area contributed by atoms with Crippen LogP contribution in [0.1, 0.15) is 45.3 Å². The van der Waals surface area contributed by atoms with Gasteiger partial charge in [0.15, 0.2) is 5.69 Å². The minimum Gasteiger partial charge on any atom is -0.507 e. The van der Waals surface area contributed by atoms with E-state index in [1.165, 1.54) is 6.07 Å². The van der Waals surface area contributed by atoms with Gasteiger partial charge in [0, 0.05) is 32.1 Å². The molecule has 1 saturated heterocycles. The summed E-state index contributed by atoms with van der Waals surface area (Å²) < 4.78 is 1.78. The van der Waals surface area contributed by atoms with Crippen LogP contribution in [0.25, 0.3) is 5.69 Å². The molecule has 0 radical (unpaired) electrons. The highest BCUT2D eigenvalue weighted by Crippen LogP contribution is 2.42. The second-order valence-corrected chi connectivity index (χ2v) is 7.95. The highest BCUT2D eigenvalue weighted by molar-refractivity contribution is 5.97. The highest BCUT2D eigenvalue weighted by atomic mass is 16.3. The average Bonchev–Trinajstić information content (AvgIpc) is 3.57. The van der Waals surface area contributed by atoms with Crippen molar-refractivity contribution in [3.8, 4) is 11.4 Å². The van der Waals surface area contributed by atoms with E-state index >= 15 is 0 Å². The summed E-state index contributed by atoms with van der Waals surface area (Å²) in [7, 11) is 0. The van der Waals surface area contributed by atoms with Gasteiger partial charge in [-0.3, -0.25) is 9.59 Å². The zero-order chi connectivity index (χ0) is 21.4. The van der Waals surface area contributed by atoms with Crippen LogP contribution in [0.5, 0.6) is 5.75 Å². The molecule has 3 aromatic rings. The number of aromatic hydroxyl groups is 1. The summed E-state index contributed by atoms with van der Waals surface area (Å²) in [5.41, 5.74) is 2.47. The number of carbonyl (C=O) groups excluding carboxylic acids is 2. The molecule has 0 atom stereocenters. The SMILES string of the molecule is O=C(c1ccccc1O)N1CCN(C(=O)c2nnn(-c3ccccc3)c2C2CC2)CC1. The molecule has 0 spiro atoms. The number of phenolic OH excluding ortho intramolecular Hbond substituents is 1. The van der Waals surface area contributed by atoms with Crippen molar-refractivity contribution in [2.45, 2.75) is 18.8 Å². The molecular weight excluding hydrogens is 394 g/mol. The number of rotatable bonds is 4. The number of amides is 2. The molecule has 31 heavy (non-hydrogen) atoms. The van der Waals surface area contributed by atoms with Gasteiger partial charge in [-0.1, -0.05) is 35.5 Å². The van der Waals surface area contributed by atoms with Crippen molar-refractivity contribution in [3.63, 3.8) is 0 Å².